The van der Waals surface area contributed by atoms with Crippen molar-refractivity contribution < 1.29 is 17.9 Å². The van der Waals surface area contributed by atoms with Gasteiger partial charge in [0.25, 0.3) is 0 Å². The molecule has 1 aromatic rings. The molecule has 1 saturated carbocycles. The summed E-state index contributed by atoms with van der Waals surface area (Å²) < 4.78 is 32.0. The third-order valence-electron chi connectivity index (χ3n) is 7.14. The fourth-order valence-electron chi connectivity index (χ4n) is 4.89. The van der Waals surface area contributed by atoms with Gasteiger partial charge in [0.2, 0.25) is 15.9 Å². The van der Waals surface area contributed by atoms with Crippen LogP contribution in [0.15, 0.2) is 29.2 Å². The number of hydrogen-bond donors (Lipinski definition) is 0. The van der Waals surface area contributed by atoms with Gasteiger partial charge in [0, 0.05) is 33.7 Å². The second kappa shape index (κ2) is 12.3. The van der Waals surface area contributed by atoms with E-state index in [2.05, 4.69) is 4.90 Å². The lowest BCUT2D eigenvalue weighted by molar-refractivity contribution is -0.135. The van der Waals surface area contributed by atoms with Gasteiger partial charge in [-0.2, -0.15) is 4.31 Å². The van der Waals surface area contributed by atoms with Crippen molar-refractivity contribution in [2.45, 2.75) is 50.3 Å². The van der Waals surface area contributed by atoms with E-state index in [9.17, 15) is 13.2 Å². The first kappa shape index (κ1) is 26.1. The number of ether oxygens (including phenoxy) is 1. The Hall–Kier alpha value is -1.48. The van der Waals surface area contributed by atoms with Crippen molar-refractivity contribution in [1.29, 1.82) is 0 Å². The Bertz CT molecular complexity index is 845. The minimum Gasteiger partial charge on any atom is -0.370 e. The summed E-state index contributed by atoms with van der Waals surface area (Å²) in [6, 6.07) is 6.79. The van der Waals surface area contributed by atoms with Crippen molar-refractivity contribution in [1.82, 2.24) is 14.1 Å². The molecule has 0 radical (unpaired) electrons. The van der Waals surface area contributed by atoms with Crippen LogP contribution in [0.5, 0.6) is 0 Å². The summed E-state index contributed by atoms with van der Waals surface area (Å²) in [5, 5.41) is 0. The average Bonchev–Trinajstić information content (AvgIpc) is 3.31. The van der Waals surface area contributed by atoms with Gasteiger partial charge < -0.3 is 14.5 Å². The number of benzene rings is 1. The molecule has 1 amide bonds. The number of likely N-dealkylation sites (tertiary alicyclic amines) is 1. The summed E-state index contributed by atoms with van der Waals surface area (Å²) in [4.78, 5) is 17.1. The largest absolute Gasteiger partial charge is 0.370 e. The number of carbonyl (C=O) groups is 1. The molecular weight excluding hydrogens is 438 g/mol. The highest BCUT2D eigenvalue weighted by molar-refractivity contribution is 7.89. The third kappa shape index (κ3) is 7.77. The molecule has 1 aliphatic carbocycles. The fraction of sp³-hybridized carbons (Fsp3) is 0.720. The topological polar surface area (TPSA) is 70.2 Å². The predicted molar refractivity (Wildman–Crippen MR) is 131 cm³/mol. The molecule has 1 aliphatic heterocycles. The molecule has 0 N–H and O–H groups in total. The number of hydrogen-bond acceptors (Lipinski definition) is 5. The normalized spacial score (nSPS) is 22.1. The standard InChI is InChI=1S/C25H41N3O4S/c1-21-6-12-24(13-7-21)33(30,31)27(3)16-17-32-20-25(29)26(2)18-22-8-10-23(11-9-22)19-28-14-4-5-15-28/h6-7,12-13,22-23H,4-5,8-11,14-20H2,1-3H3. The first-order valence-corrected chi connectivity index (χ1v) is 13.8. The summed E-state index contributed by atoms with van der Waals surface area (Å²) in [5.74, 6) is 1.34. The molecule has 1 saturated heterocycles. The Morgan fingerprint density at radius 3 is 2.27 bits per heavy atom. The van der Waals surface area contributed by atoms with E-state index >= 15 is 0 Å². The van der Waals surface area contributed by atoms with E-state index in [-0.39, 0.29) is 30.6 Å². The zero-order chi connectivity index (χ0) is 23.8. The van der Waals surface area contributed by atoms with Crippen LogP contribution in [-0.2, 0) is 19.6 Å². The molecule has 0 bridgehead atoms. The number of nitrogens with zero attached hydrogens (tertiary/aromatic N) is 3. The Morgan fingerprint density at radius 2 is 1.64 bits per heavy atom. The van der Waals surface area contributed by atoms with Crippen molar-refractivity contribution in [3.8, 4) is 0 Å². The highest BCUT2D eigenvalue weighted by Gasteiger charge is 2.26. The van der Waals surface area contributed by atoms with Gasteiger partial charge in [-0.25, -0.2) is 8.42 Å². The van der Waals surface area contributed by atoms with E-state index in [0.29, 0.717) is 5.92 Å². The van der Waals surface area contributed by atoms with E-state index in [4.69, 9.17) is 4.74 Å². The van der Waals surface area contributed by atoms with Crippen molar-refractivity contribution in [3.63, 3.8) is 0 Å². The van der Waals surface area contributed by atoms with Crippen molar-refractivity contribution in [3.05, 3.63) is 29.8 Å². The van der Waals surface area contributed by atoms with E-state index in [0.717, 1.165) is 18.0 Å². The fourth-order valence-corrected chi connectivity index (χ4v) is 6.04. The molecule has 2 fully saturated rings. The van der Waals surface area contributed by atoms with Crippen molar-refractivity contribution in [2.24, 2.45) is 11.8 Å². The van der Waals surface area contributed by atoms with Crippen LogP contribution in [-0.4, -0.2) is 88.5 Å². The number of likely N-dealkylation sites (N-methyl/N-ethyl adjacent to an activating group) is 2. The Kier molecular flexibility index (Phi) is 9.73. The van der Waals surface area contributed by atoms with Gasteiger partial charge in [-0.3, -0.25) is 4.79 Å². The lowest BCUT2D eigenvalue weighted by atomic mass is 9.81. The lowest BCUT2D eigenvalue weighted by Crippen LogP contribution is -2.37. The maximum Gasteiger partial charge on any atom is 0.248 e. The second-order valence-electron chi connectivity index (χ2n) is 9.86. The summed E-state index contributed by atoms with van der Waals surface area (Å²) in [6.45, 7) is 6.86. The molecule has 2 aliphatic rings. The summed E-state index contributed by atoms with van der Waals surface area (Å²) in [5.41, 5.74) is 1.01. The summed E-state index contributed by atoms with van der Waals surface area (Å²) in [7, 11) is -0.172. The van der Waals surface area contributed by atoms with Crippen LogP contribution >= 0.6 is 0 Å². The number of amides is 1. The zero-order valence-corrected chi connectivity index (χ0v) is 21.4. The predicted octanol–water partition coefficient (Wildman–Crippen LogP) is 2.99. The van der Waals surface area contributed by atoms with Gasteiger partial charge in [-0.05, 0) is 82.5 Å². The summed E-state index contributed by atoms with van der Waals surface area (Å²) >= 11 is 0. The van der Waals surface area contributed by atoms with Crippen molar-refractivity contribution >= 4 is 15.9 Å². The SMILES string of the molecule is Cc1ccc(S(=O)(=O)N(C)CCOCC(=O)N(C)CC2CCC(CN3CCCC3)CC2)cc1. The number of rotatable bonds is 11. The molecule has 0 aromatic heterocycles. The van der Waals surface area contributed by atoms with Crippen LogP contribution in [0.25, 0.3) is 0 Å². The number of sulfonamides is 1. The van der Waals surface area contributed by atoms with Crippen molar-refractivity contribution in [2.75, 3.05) is 60.0 Å². The first-order valence-electron chi connectivity index (χ1n) is 12.3. The average molecular weight is 480 g/mol. The van der Waals surface area contributed by atoms with E-state index in [1.165, 1.54) is 69.5 Å². The van der Waals surface area contributed by atoms with Crippen LogP contribution in [0.4, 0.5) is 0 Å². The van der Waals surface area contributed by atoms with E-state index < -0.39 is 10.0 Å². The van der Waals surface area contributed by atoms with Crippen LogP contribution in [0, 0.1) is 18.8 Å². The van der Waals surface area contributed by atoms with E-state index in [1.54, 1.807) is 29.2 Å². The summed E-state index contributed by atoms with van der Waals surface area (Å²) in [6.07, 6.45) is 7.62. The zero-order valence-electron chi connectivity index (χ0n) is 20.5. The van der Waals surface area contributed by atoms with Crippen LogP contribution in [0.1, 0.15) is 44.1 Å². The van der Waals surface area contributed by atoms with Crippen LogP contribution in [0.2, 0.25) is 0 Å². The highest BCUT2D eigenvalue weighted by atomic mass is 32.2. The second-order valence-corrected chi connectivity index (χ2v) is 11.9. The van der Waals surface area contributed by atoms with Crippen LogP contribution < -0.4 is 0 Å². The van der Waals surface area contributed by atoms with Gasteiger partial charge in [-0.15, -0.1) is 0 Å². The van der Waals surface area contributed by atoms with Gasteiger partial charge in [0.05, 0.1) is 11.5 Å². The van der Waals surface area contributed by atoms with Gasteiger partial charge >= 0.3 is 0 Å². The lowest BCUT2D eigenvalue weighted by Gasteiger charge is -2.33. The first-order chi connectivity index (χ1) is 15.8. The molecule has 1 heterocycles. The molecular formula is C25H41N3O4S. The Morgan fingerprint density at radius 1 is 1.03 bits per heavy atom. The minimum absolute atomic E-state index is 0.0147. The van der Waals surface area contributed by atoms with Gasteiger partial charge in [0.15, 0.2) is 0 Å². The highest BCUT2D eigenvalue weighted by Crippen LogP contribution is 2.30. The minimum atomic E-state index is -3.55. The maximum absolute atomic E-state index is 12.6. The molecule has 3 rings (SSSR count). The molecule has 186 valence electrons. The van der Waals surface area contributed by atoms with E-state index in [1.807, 2.05) is 14.0 Å². The Labute approximate surface area is 200 Å². The third-order valence-corrected chi connectivity index (χ3v) is 9.02. The molecule has 8 heteroatoms. The number of aryl methyl sites for hydroxylation is 1. The Balaban J connectivity index is 1.31. The molecule has 0 atom stereocenters. The maximum atomic E-state index is 12.6. The van der Waals surface area contributed by atoms with Gasteiger partial charge in [-0.1, -0.05) is 17.7 Å². The quantitative estimate of drug-likeness (QED) is 0.457. The molecule has 33 heavy (non-hydrogen) atoms. The molecule has 1 aromatic carbocycles. The smallest absolute Gasteiger partial charge is 0.248 e. The van der Waals surface area contributed by atoms with Crippen LogP contribution in [0.3, 0.4) is 0 Å². The number of carbonyl (C=O) groups excluding carboxylic acids is 1. The monoisotopic (exact) mass is 479 g/mol. The molecule has 7 nitrogen and oxygen atoms in total. The molecule has 0 unspecified atom stereocenters. The van der Waals surface area contributed by atoms with Gasteiger partial charge in [0.1, 0.15) is 6.61 Å². The molecule has 0 spiro atoms.